The van der Waals surface area contributed by atoms with E-state index >= 15 is 0 Å². The molecule has 4 heteroatoms. The summed E-state index contributed by atoms with van der Waals surface area (Å²) in [7, 11) is 8.30. The zero-order valence-corrected chi connectivity index (χ0v) is 52.3. The maximum absolute atomic E-state index is 8.53. The minimum Gasteiger partial charge on any atom is -0.201 e. The fourth-order valence-electron chi connectivity index (χ4n) is 11.0. The van der Waals surface area contributed by atoms with Crippen molar-refractivity contribution in [2.75, 3.05) is 0 Å². The zero-order valence-electron chi connectivity index (χ0n) is 56.3. The third-order valence-corrected chi connectivity index (χ3v) is 15.2. The number of aromatic nitrogens is 4. The van der Waals surface area contributed by atoms with Crippen LogP contribution in [0.5, 0.6) is 0 Å². The number of hydrogen-bond donors (Lipinski definition) is 0. The molecule has 0 amide bonds. The summed E-state index contributed by atoms with van der Waals surface area (Å²) in [6, 6.07) is 42.7. The van der Waals surface area contributed by atoms with Gasteiger partial charge in [-0.2, -0.15) is 0 Å². The molecule has 0 unspecified atom stereocenters. The van der Waals surface area contributed by atoms with Gasteiger partial charge in [0.2, 0.25) is 22.8 Å². The normalized spacial score (nSPS) is 13.7. The lowest BCUT2D eigenvalue weighted by molar-refractivity contribution is -0.661. The Morgan fingerprint density at radius 3 is 1.09 bits per heavy atom. The maximum atomic E-state index is 8.53. The van der Waals surface area contributed by atoms with E-state index in [2.05, 4.69) is 195 Å². The summed E-state index contributed by atoms with van der Waals surface area (Å²) in [5.41, 5.74) is 24.3. The molecule has 4 heterocycles. The van der Waals surface area contributed by atoms with Crippen molar-refractivity contribution in [3.05, 3.63) is 213 Å². The van der Waals surface area contributed by atoms with Crippen molar-refractivity contribution in [1.82, 2.24) is 0 Å². The standard InChI is InChI=1S/C19H24N.2C19H26N.C18H24N/c1-14-8-4-7-11-17(14)19-12-15(2)18(13-20(19)3)16-9-5-6-10-16;2*1-14-9-7-8-10-17(14)18-11-15(2)16(13-20(18)6)12-19(3,4)5;1-13(2)10-16-12-19(5)18(11-15(16)4)17-9-7-6-8-14(17)3/h4,7-8,11-13,16H,5-6,9-10H2,1-3H3;2*7-11,13H,12H2,1-6H3;6-9,11-13H,10H2,1-5H3/q4*+1/i;12D2;;10D2. The van der Waals surface area contributed by atoms with E-state index in [1.54, 1.807) is 5.56 Å². The zero-order chi connectivity index (χ0) is 61.5. The van der Waals surface area contributed by atoms with E-state index < -0.39 is 18.2 Å². The molecule has 0 spiro atoms. The Balaban J connectivity index is 0.000000178. The van der Waals surface area contributed by atoms with E-state index in [0.717, 1.165) is 46.0 Å². The van der Waals surface area contributed by atoms with Gasteiger partial charge in [-0.1, -0.05) is 141 Å². The van der Waals surface area contributed by atoms with Crippen LogP contribution in [0.2, 0.25) is 0 Å². The highest BCUT2D eigenvalue weighted by Gasteiger charge is 2.25. The van der Waals surface area contributed by atoms with Gasteiger partial charge in [0.15, 0.2) is 24.8 Å². The number of nitrogens with zero attached hydrogens (tertiary/aromatic N) is 4. The van der Waals surface area contributed by atoms with Gasteiger partial charge in [0.25, 0.3) is 0 Å². The first kappa shape index (κ1) is 55.8. The molecule has 79 heavy (non-hydrogen) atoms. The van der Waals surface area contributed by atoms with E-state index in [1.165, 1.54) is 98.3 Å². The highest BCUT2D eigenvalue weighted by molar-refractivity contribution is 5.64. The fraction of sp³-hybridized carbons (Fsp3) is 0.413. The third-order valence-electron chi connectivity index (χ3n) is 15.2. The quantitative estimate of drug-likeness (QED) is 0.128. The second-order valence-electron chi connectivity index (χ2n) is 25.3. The van der Waals surface area contributed by atoms with E-state index in [1.807, 2.05) is 108 Å². The molecule has 0 atom stereocenters. The topological polar surface area (TPSA) is 15.5 Å². The largest absolute Gasteiger partial charge is 0.212 e. The monoisotopic (exact) mass is 1060 g/mol. The van der Waals surface area contributed by atoms with Gasteiger partial charge in [0.1, 0.15) is 28.2 Å². The molecule has 4 aromatic carbocycles. The van der Waals surface area contributed by atoms with Gasteiger partial charge in [-0.15, -0.1) is 0 Å². The van der Waals surface area contributed by atoms with Gasteiger partial charge in [-0.3, -0.25) is 0 Å². The molecule has 1 saturated carbocycles. The maximum Gasteiger partial charge on any atom is 0.212 e. The lowest BCUT2D eigenvalue weighted by Crippen LogP contribution is -2.32. The molecule has 1 aliphatic rings. The van der Waals surface area contributed by atoms with Crippen LogP contribution in [0.3, 0.4) is 0 Å². The Hall–Kier alpha value is -6.52. The second kappa shape index (κ2) is 27.1. The predicted octanol–water partition coefficient (Wildman–Crippen LogP) is 17.2. The Morgan fingerprint density at radius 1 is 0.418 bits per heavy atom. The molecule has 0 N–H and O–H groups in total. The Labute approximate surface area is 485 Å². The Kier molecular flexibility index (Phi) is 19.1. The van der Waals surface area contributed by atoms with Crippen molar-refractivity contribution in [2.45, 2.75) is 162 Å². The van der Waals surface area contributed by atoms with Crippen LogP contribution in [0.1, 0.15) is 159 Å². The van der Waals surface area contributed by atoms with Gasteiger partial charge < -0.3 is 0 Å². The molecule has 1 fully saturated rings. The van der Waals surface area contributed by atoms with E-state index in [0.29, 0.717) is 5.41 Å². The van der Waals surface area contributed by atoms with E-state index in [9.17, 15) is 0 Å². The number of pyridine rings is 4. The molecule has 9 rings (SSSR count). The molecule has 0 radical (unpaired) electrons. The fourth-order valence-corrected chi connectivity index (χ4v) is 11.0. The van der Waals surface area contributed by atoms with Crippen molar-refractivity contribution in [2.24, 2.45) is 44.9 Å². The third kappa shape index (κ3) is 17.0. The number of rotatable bonds is 9. The first-order valence-electron chi connectivity index (χ1n) is 31.0. The predicted molar refractivity (Wildman–Crippen MR) is 336 cm³/mol. The molecule has 1 aliphatic carbocycles. The number of benzene rings is 4. The summed E-state index contributed by atoms with van der Waals surface area (Å²) in [4.78, 5) is 0. The number of aryl methyl sites for hydroxylation is 12. The van der Waals surface area contributed by atoms with Crippen molar-refractivity contribution < 1.29 is 23.8 Å². The van der Waals surface area contributed by atoms with Crippen LogP contribution < -0.4 is 18.3 Å². The highest BCUT2D eigenvalue weighted by atomic mass is 14.9. The van der Waals surface area contributed by atoms with Gasteiger partial charge in [-0.25, -0.2) is 18.3 Å². The minimum absolute atomic E-state index is 0.0551. The minimum atomic E-state index is -1.38. The molecule has 8 aromatic rings. The van der Waals surface area contributed by atoms with Crippen molar-refractivity contribution in [1.29, 1.82) is 0 Å². The summed E-state index contributed by atoms with van der Waals surface area (Å²) in [6.07, 6.45) is 12.5. The van der Waals surface area contributed by atoms with Crippen LogP contribution >= 0.6 is 0 Å². The van der Waals surface area contributed by atoms with Crippen LogP contribution in [0.25, 0.3) is 45.0 Å². The van der Waals surface area contributed by atoms with Crippen molar-refractivity contribution in [3.63, 3.8) is 0 Å². The Morgan fingerprint density at radius 2 is 0.734 bits per heavy atom. The van der Waals surface area contributed by atoms with Crippen molar-refractivity contribution in [3.8, 4) is 45.0 Å². The van der Waals surface area contributed by atoms with Gasteiger partial charge >= 0.3 is 0 Å². The molecule has 4 nitrogen and oxygen atoms in total. The summed E-state index contributed by atoms with van der Waals surface area (Å²) < 4.78 is 42.4. The summed E-state index contributed by atoms with van der Waals surface area (Å²) in [5, 5.41) is 0. The van der Waals surface area contributed by atoms with E-state index in [-0.39, 0.29) is 5.92 Å². The van der Waals surface area contributed by atoms with Crippen LogP contribution in [0.4, 0.5) is 0 Å². The van der Waals surface area contributed by atoms with Crippen LogP contribution in [0, 0.1) is 72.1 Å². The van der Waals surface area contributed by atoms with E-state index in [4.69, 9.17) is 5.48 Å². The lowest BCUT2D eigenvalue weighted by Gasteiger charge is -2.19. The molecule has 0 saturated heterocycles. The van der Waals surface area contributed by atoms with Gasteiger partial charge in [-0.05, 0) is 179 Å². The average molecular weight is 1060 g/mol. The number of hydrogen-bond acceptors (Lipinski definition) is 0. The highest BCUT2D eigenvalue weighted by Crippen LogP contribution is 2.36. The first-order chi connectivity index (χ1) is 38.7. The Bertz CT molecular complexity index is 3530. The molecule has 416 valence electrons. The molecular weight excluding hydrogens is 957 g/mol. The molecular formula is C75H100N4+4. The van der Waals surface area contributed by atoms with Crippen molar-refractivity contribution >= 4 is 0 Å². The summed E-state index contributed by atoms with van der Waals surface area (Å²) >= 11 is 0. The van der Waals surface area contributed by atoms with Crippen LogP contribution in [-0.2, 0) is 47.4 Å². The summed E-state index contributed by atoms with van der Waals surface area (Å²) in [6.45, 7) is 33.6. The smallest absolute Gasteiger partial charge is 0.201 e. The lowest BCUT2D eigenvalue weighted by atomic mass is 9.87. The second-order valence-corrected chi connectivity index (χ2v) is 25.3. The molecule has 4 aromatic heterocycles. The van der Waals surface area contributed by atoms with Crippen LogP contribution in [0.15, 0.2) is 146 Å². The average Bonchev–Trinajstić information content (AvgIpc) is 3.07. The first-order valence-corrected chi connectivity index (χ1v) is 29.0. The van der Waals surface area contributed by atoms with Crippen LogP contribution in [-0.4, -0.2) is 0 Å². The molecule has 0 aliphatic heterocycles. The summed E-state index contributed by atoms with van der Waals surface area (Å²) in [5.74, 6) is 0.729. The van der Waals surface area contributed by atoms with Gasteiger partial charge in [0.05, 0.1) is 0 Å². The SMILES string of the molecule is Cc1cc(-c2ccccc2C)[n+](C)cc1CC(C)(C)C.Cc1ccccc1-c1cc(C)c(C2CCCC2)c[n+]1C.[2H]C([2H])(c1c[n+](C)c(-c2ccccc2C)cc1C)C(C)(C)C.[2H]C([2H])(c1c[n+](C)c(-c2ccccc2C)cc1C)C(C)C. The molecule has 0 bridgehead atoms. The van der Waals surface area contributed by atoms with Gasteiger partial charge in [0, 0.05) is 74.3 Å².